The van der Waals surface area contributed by atoms with Gasteiger partial charge < -0.3 is 10.0 Å². The third-order valence-electron chi connectivity index (χ3n) is 2.20. The van der Waals surface area contributed by atoms with Crippen LogP contribution in [0.2, 0.25) is 0 Å². The van der Waals surface area contributed by atoms with Crippen LogP contribution in [0.15, 0.2) is 12.7 Å². The number of carbonyl (C=O) groups is 2. The lowest BCUT2D eigenvalue weighted by atomic mass is 9.91. The van der Waals surface area contributed by atoms with Crippen molar-refractivity contribution in [1.82, 2.24) is 4.90 Å². The Morgan fingerprint density at radius 1 is 1.47 bits per heavy atom. The summed E-state index contributed by atoms with van der Waals surface area (Å²) in [5.74, 6) is -1.46. The minimum Gasteiger partial charge on any atom is -0.480 e. The fraction of sp³-hybridized carbons (Fsp3) is 0.636. The Bertz CT molecular complexity index is 259. The molecule has 4 heteroatoms. The fourth-order valence-corrected chi connectivity index (χ4v) is 1.19. The molecule has 15 heavy (non-hydrogen) atoms. The Hall–Kier alpha value is -1.32. The molecular formula is C11H19NO3. The summed E-state index contributed by atoms with van der Waals surface area (Å²) in [5, 5.41) is 8.92. The summed E-state index contributed by atoms with van der Waals surface area (Å²) in [6.07, 6.45) is 2.40. The number of hydrogen-bond donors (Lipinski definition) is 1. The minimum absolute atomic E-state index is 0.364. The quantitative estimate of drug-likeness (QED) is 0.537. The normalized spacial score (nSPS) is 10.9. The SMILES string of the molecule is C=CCN(CCC)C(=O)C(C)(C)C(=O)O. The monoisotopic (exact) mass is 213 g/mol. The Kier molecular flexibility index (Phi) is 5.05. The van der Waals surface area contributed by atoms with Gasteiger partial charge in [-0.25, -0.2) is 0 Å². The maximum Gasteiger partial charge on any atom is 0.318 e. The fourth-order valence-electron chi connectivity index (χ4n) is 1.19. The Labute approximate surface area is 90.6 Å². The Balaban J connectivity index is 4.76. The van der Waals surface area contributed by atoms with Crippen molar-refractivity contribution in [2.75, 3.05) is 13.1 Å². The van der Waals surface area contributed by atoms with Crippen LogP contribution >= 0.6 is 0 Å². The Morgan fingerprint density at radius 3 is 2.33 bits per heavy atom. The van der Waals surface area contributed by atoms with Gasteiger partial charge in [-0.2, -0.15) is 0 Å². The van der Waals surface area contributed by atoms with E-state index in [9.17, 15) is 9.59 Å². The van der Waals surface area contributed by atoms with E-state index in [2.05, 4.69) is 6.58 Å². The molecule has 0 atom stereocenters. The van der Waals surface area contributed by atoms with E-state index in [0.717, 1.165) is 6.42 Å². The molecule has 0 aliphatic heterocycles. The number of rotatable bonds is 6. The van der Waals surface area contributed by atoms with E-state index >= 15 is 0 Å². The van der Waals surface area contributed by atoms with Gasteiger partial charge in [0.2, 0.25) is 5.91 Å². The average Bonchev–Trinajstić information content (AvgIpc) is 2.16. The number of carboxylic acids is 1. The number of carboxylic acid groups (broad SMARTS) is 1. The van der Waals surface area contributed by atoms with E-state index in [-0.39, 0.29) is 5.91 Å². The van der Waals surface area contributed by atoms with Gasteiger partial charge in [0, 0.05) is 13.1 Å². The largest absolute Gasteiger partial charge is 0.480 e. The minimum atomic E-state index is -1.36. The van der Waals surface area contributed by atoms with Crippen molar-refractivity contribution in [3.8, 4) is 0 Å². The van der Waals surface area contributed by atoms with Crippen LogP contribution in [0.25, 0.3) is 0 Å². The van der Waals surface area contributed by atoms with Crippen LogP contribution in [0, 0.1) is 5.41 Å². The second-order valence-electron chi connectivity index (χ2n) is 3.97. The highest BCUT2D eigenvalue weighted by atomic mass is 16.4. The zero-order valence-electron chi connectivity index (χ0n) is 9.62. The third-order valence-corrected chi connectivity index (χ3v) is 2.20. The second kappa shape index (κ2) is 5.53. The molecule has 0 aliphatic rings. The lowest BCUT2D eigenvalue weighted by Crippen LogP contribution is -2.45. The van der Waals surface area contributed by atoms with Crippen molar-refractivity contribution in [3.05, 3.63) is 12.7 Å². The highest BCUT2D eigenvalue weighted by Crippen LogP contribution is 2.19. The topological polar surface area (TPSA) is 57.6 Å². The van der Waals surface area contributed by atoms with Crippen LogP contribution in [-0.4, -0.2) is 35.0 Å². The molecule has 0 spiro atoms. The number of carbonyl (C=O) groups excluding carboxylic acids is 1. The molecule has 0 aromatic carbocycles. The molecule has 0 aromatic rings. The van der Waals surface area contributed by atoms with E-state index in [1.54, 1.807) is 6.08 Å². The summed E-state index contributed by atoms with van der Waals surface area (Å²) in [5.41, 5.74) is -1.36. The lowest BCUT2D eigenvalue weighted by Gasteiger charge is -2.28. The van der Waals surface area contributed by atoms with E-state index in [1.807, 2.05) is 6.92 Å². The molecule has 1 amide bonds. The molecule has 0 bridgehead atoms. The van der Waals surface area contributed by atoms with Gasteiger partial charge in [-0.3, -0.25) is 9.59 Å². The van der Waals surface area contributed by atoms with E-state index in [4.69, 9.17) is 5.11 Å². The third kappa shape index (κ3) is 3.38. The number of nitrogens with zero attached hydrogens (tertiary/aromatic N) is 1. The zero-order chi connectivity index (χ0) is 12.1. The second-order valence-corrected chi connectivity index (χ2v) is 3.97. The van der Waals surface area contributed by atoms with Crippen molar-refractivity contribution in [2.24, 2.45) is 5.41 Å². The molecule has 0 unspecified atom stereocenters. The zero-order valence-corrected chi connectivity index (χ0v) is 9.62. The van der Waals surface area contributed by atoms with Gasteiger partial charge in [0.05, 0.1) is 0 Å². The van der Waals surface area contributed by atoms with Crippen LogP contribution in [0.5, 0.6) is 0 Å². The number of hydrogen-bond acceptors (Lipinski definition) is 2. The highest BCUT2D eigenvalue weighted by molar-refractivity contribution is 6.01. The van der Waals surface area contributed by atoms with Crippen molar-refractivity contribution >= 4 is 11.9 Å². The first kappa shape index (κ1) is 13.7. The highest BCUT2D eigenvalue weighted by Gasteiger charge is 2.38. The summed E-state index contributed by atoms with van der Waals surface area (Å²) < 4.78 is 0. The summed E-state index contributed by atoms with van der Waals surface area (Å²) in [6, 6.07) is 0. The van der Waals surface area contributed by atoms with Crippen LogP contribution < -0.4 is 0 Å². The molecule has 0 radical (unpaired) electrons. The molecule has 0 saturated heterocycles. The molecule has 1 N–H and O–H groups in total. The molecule has 0 rings (SSSR count). The number of aliphatic carboxylic acids is 1. The molecule has 0 fully saturated rings. The first-order valence-electron chi connectivity index (χ1n) is 5.01. The maximum atomic E-state index is 11.9. The van der Waals surface area contributed by atoms with Crippen LogP contribution in [0.4, 0.5) is 0 Å². The molecular weight excluding hydrogens is 194 g/mol. The van der Waals surface area contributed by atoms with Gasteiger partial charge in [-0.15, -0.1) is 6.58 Å². The van der Waals surface area contributed by atoms with Crippen LogP contribution in [-0.2, 0) is 9.59 Å². The molecule has 0 aliphatic carbocycles. The summed E-state index contributed by atoms with van der Waals surface area (Å²) in [7, 11) is 0. The molecule has 0 saturated carbocycles. The standard InChI is InChI=1S/C11H19NO3/c1-5-7-12(8-6-2)9(13)11(3,4)10(14)15/h5H,1,6-8H2,2-4H3,(H,14,15). The van der Waals surface area contributed by atoms with Crippen molar-refractivity contribution in [2.45, 2.75) is 27.2 Å². The van der Waals surface area contributed by atoms with Gasteiger partial charge in [0.25, 0.3) is 0 Å². The predicted octanol–water partition coefficient (Wildman–Crippen LogP) is 1.52. The Morgan fingerprint density at radius 2 is 2.00 bits per heavy atom. The summed E-state index contributed by atoms with van der Waals surface area (Å²) in [6.45, 7) is 9.28. The smallest absolute Gasteiger partial charge is 0.318 e. The van der Waals surface area contributed by atoms with Gasteiger partial charge in [0.1, 0.15) is 5.41 Å². The van der Waals surface area contributed by atoms with Crippen molar-refractivity contribution < 1.29 is 14.7 Å². The summed E-state index contributed by atoms with van der Waals surface area (Å²) >= 11 is 0. The predicted molar refractivity (Wildman–Crippen MR) is 58.5 cm³/mol. The van der Waals surface area contributed by atoms with Gasteiger partial charge in [-0.05, 0) is 20.3 Å². The van der Waals surface area contributed by atoms with Crippen LogP contribution in [0.3, 0.4) is 0 Å². The molecule has 4 nitrogen and oxygen atoms in total. The average molecular weight is 213 g/mol. The maximum absolute atomic E-state index is 11.9. The number of amides is 1. The summed E-state index contributed by atoms with van der Waals surface area (Å²) in [4.78, 5) is 24.3. The van der Waals surface area contributed by atoms with Crippen LogP contribution in [0.1, 0.15) is 27.2 Å². The van der Waals surface area contributed by atoms with Crippen molar-refractivity contribution in [3.63, 3.8) is 0 Å². The van der Waals surface area contributed by atoms with Gasteiger partial charge in [0.15, 0.2) is 0 Å². The lowest BCUT2D eigenvalue weighted by molar-refractivity contribution is -0.158. The van der Waals surface area contributed by atoms with Crippen molar-refractivity contribution in [1.29, 1.82) is 0 Å². The van der Waals surface area contributed by atoms with E-state index in [0.29, 0.717) is 13.1 Å². The van der Waals surface area contributed by atoms with E-state index in [1.165, 1.54) is 18.7 Å². The molecule has 86 valence electrons. The first-order chi connectivity index (χ1) is 6.87. The van der Waals surface area contributed by atoms with Gasteiger partial charge >= 0.3 is 5.97 Å². The van der Waals surface area contributed by atoms with Gasteiger partial charge in [-0.1, -0.05) is 13.0 Å². The molecule has 0 heterocycles. The first-order valence-corrected chi connectivity index (χ1v) is 5.01. The van der Waals surface area contributed by atoms with E-state index < -0.39 is 11.4 Å². The molecule has 0 aromatic heterocycles.